The smallest absolute Gasteiger partial charge is 0.410 e. The van der Waals surface area contributed by atoms with Gasteiger partial charge >= 0.3 is 6.09 Å². The number of nitrogens with zero attached hydrogens (tertiary/aromatic N) is 1. The molecule has 0 aromatic heterocycles. The third-order valence-corrected chi connectivity index (χ3v) is 5.96. The van der Waals surface area contributed by atoms with Gasteiger partial charge in [-0.2, -0.15) is 0 Å². The quantitative estimate of drug-likeness (QED) is 0.741. The van der Waals surface area contributed by atoms with Gasteiger partial charge in [-0.05, 0) is 57.6 Å². The Bertz CT molecular complexity index is 671. The molecule has 5 nitrogen and oxygen atoms in total. The van der Waals surface area contributed by atoms with Crippen LogP contribution in [0.3, 0.4) is 0 Å². The number of methoxy groups -OCH3 is 1. The van der Waals surface area contributed by atoms with Crippen molar-refractivity contribution in [2.45, 2.75) is 51.7 Å². The SMILES string of the molecule is COC1=CCC2C(=C1)CC(=O)C1N(C(=O)OC(C)(C)C)CC3CC321. The van der Waals surface area contributed by atoms with E-state index in [1.807, 2.05) is 26.8 Å². The summed E-state index contributed by atoms with van der Waals surface area (Å²) in [5.74, 6) is 1.78. The summed E-state index contributed by atoms with van der Waals surface area (Å²) in [6, 6.07) is -0.308. The fourth-order valence-corrected chi connectivity index (χ4v) is 5.07. The zero-order chi connectivity index (χ0) is 17.3. The molecule has 24 heavy (non-hydrogen) atoms. The van der Waals surface area contributed by atoms with Crippen molar-refractivity contribution in [2.75, 3.05) is 13.7 Å². The normalized spacial score (nSPS) is 36.9. The van der Waals surface area contributed by atoms with Crippen LogP contribution in [-0.2, 0) is 14.3 Å². The number of carbonyl (C=O) groups is 2. The van der Waals surface area contributed by atoms with Crippen LogP contribution in [0.25, 0.3) is 0 Å². The van der Waals surface area contributed by atoms with Gasteiger partial charge in [0, 0.05) is 18.4 Å². The average Bonchev–Trinajstić information content (AvgIpc) is 3.08. The highest BCUT2D eigenvalue weighted by Gasteiger charge is 2.74. The Morgan fingerprint density at radius 2 is 2.12 bits per heavy atom. The van der Waals surface area contributed by atoms with Gasteiger partial charge in [0.1, 0.15) is 17.4 Å². The van der Waals surface area contributed by atoms with Gasteiger partial charge in [-0.15, -0.1) is 0 Å². The number of likely N-dealkylation sites (tertiary alicyclic amines) is 1. The Morgan fingerprint density at radius 3 is 2.79 bits per heavy atom. The molecular formula is C19H25NO4. The highest BCUT2D eigenvalue weighted by molar-refractivity contribution is 5.93. The summed E-state index contributed by atoms with van der Waals surface area (Å²) in [6.07, 6.45) is 6.16. The Balaban J connectivity index is 1.62. The molecule has 3 fully saturated rings. The number of allylic oxidation sites excluding steroid dienone is 3. The molecule has 1 amide bonds. The number of fused-ring (bicyclic) bond motifs is 1. The standard InChI is InChI=1S/C19H25NO4/c1-18(2,3)24-17(22)20-10-12-9-19(12)14-6-5-13(23-4)7-11(14)8-15(21)16(19)20/h5,7,12,14,16H,6,8-10H2,1-4H3. The van der Waals surface area contributed by atoms with Crippen molar-refractivity contribution in [1.29, 1.82) is 0 Å². The van der Waals surface area contributed by atoms with E-state index in [4.69, 9.17) is 9.47 Å². The van der Waals surface area contributed by atoms with Crippen LogP contribution in [0, 0.1) is 17.3 Å². The maximum Gasteiger partial charge on any atom is 0.410 e. The first-order valence-corrected chi connectivity index (χ1v) is 8.73. The van der Waals surface area contributed by atoms with E-state index in [1.54, 1.807) is 12.0 Å². The van der Waals surface area contributed by atoms with Gasteiger partial charge < -0.3 is 9.47 Å². The summed E-state index contributed by atoms with van der Waals surface area (Å²) in [6.45, 7) is 6.23. The molecule has 4 rings (SSSR count). The lowest BCUT2D eigenvalue weighted by Crippen LogP contribution is -2.52. The van der Waals surface area contributed by atoms with E-state index in [2.05, 4.69) is 6.08 Å². The molecule has 3 aliphatic carbocycles. The molecule has 0 bridgehead atoms. The van der Waals surface area contributed by atoms with Gasteiger partial charge in [-0.3, -0.25) is 9.69 Å². The molecular weight excluding hydrogens is 306 g/mol. The van der Waals surface area contributed by atoms with E-state index >= 15 is 0 Å². The van der Waals surface area contributed by atoms with Crippen LogP contribution in [0.4, 0.5) is 4.79 Å². The molecule has 0 radical (unpaired) electrons. The third kappa shape index (κ3) is 2.13. The molecule has 1 aliphatic heterocycles. The van der Waals surface area contributed by atoms with E-state index in [0.717, 1.165) is 18.6 Å². The highest BCUT2D eigenvalue weighted by Crippen LogP contribution is 2.70. The lowest BCUT2D eigenvalue weighted by molar-refractivity contribution is -0.127. The maximum absolute atomic E-state index is 12.9. The molecule has 1 saturated heterocycles. The summed E-state index contributed by atoms with van der Waals surface area (Å²) in [7, 11) is 1.66. The fraction of sp³-hybridized carbons (Fsp3) is 0.684. The van der Waals surface area contributed by atoms with E-state index in [1.165, 1.54) is 5.57 Å². The van der Waals surface area contributed by atoms with Gasteiger partial charge in [0.15, 0.2) is 5.78 Å². The largest absolute Gasteiger partial charge is 0.497 e. The van der Waals surface area contributed by atoms with E-state index in [-0.39, 0.29) is 23.3 Å². The van der Waals surface area contributed by atoms with Crippen LogP contribution in [0.1, 0.15) is 40.0 Å². The van der Waals surface area contributed by atoms with Crippen molar-refractivity contribution >= 4 is 11.9 Å². The molecule has 0 aromatic rings. The highest BCUT2D eigenvalue weighted by atomic mass is 16.6. The molecule has 0 aromatic carbocycles. The number of Topliss-reactive ketones (excluding diaryl/α,β-unsaturated/α-hetero) is 1. The molecule has 0 N–H and O–H groups in total. The van der Waals surface area contributed by atoms with Crippen molar-refractivity contribution < 1.29 is 19.1 Å². The first kappa shape index (κ1) is 15.7. The van der Waals surface area contributed by atoms with Crippen LogP contribution in [0.15, 0.2) is 23.5 Å². The Labute approximate surface area is 142 Å². The third-order valence-electron chi connectivity index (χ3n) is 5.96. The summed E-state index contributed by atoms with van der Waals surface area (Å²) in [5.41, 5.74) is 0.582. The molecule has 1 spiro atoms. The number of amides is 1. The summed E-state index contributed by atoms with van der Waals surface area (Å²) in [4.78, 5) is 27.2. The van der Waals surface area contributed by atoms with Crippen LogP contribution in [0.5, 0.6) is 0 Å². The number of ketones is 1. The van der Waals surface area contributed by atoms with Gasteiger partial charge in [-0.25, -0.2) is 4.79 Å². The molecule has 4 atom stereocenters. The molecule has 1 heterocycles. The van der Waals surface area contributed by atoms with Gasteiger partial charge in [0.05, 0.1) is 7.11 Å². The first-order chi connectivity index (χ1) is 11.3. The summed E-state index contributed by atoms with van der Waals surface area (Å²) >= 11 is 0. The van der Waals surface area contributed by atoms with Crippen LogP contribution < -0.4 is 0 Å². The Morgan fingerprint density at radius 1 is 1.38 bits per heavy atom. The summed E-state index contributed by atoms with van der Waals surface area (Å²) in [5, 5.41) is 0. The Kier molecular flexibility index (Phi) is 3.19. The van der Waals surface area contributed by atoms with Crippen molar-refractivity contribution in [2.24, 2.45) is 17.3 Å². The van der Waals surface area contributed by atoms with Gasteiger partial charge in [0.25, 0.3) is 0 Å². The number of carbonyl (C=O) groups excluding carboxylic acids is 2. The molecule has 5 heteroatoms. The second-order valence-electron chi connectivity index (χ2n) is 8.51. The lowest BCUT2D eigenvalue weighted by atomic mass is 9.66. The van der Waals surface area contributed by atoms with Crippen molar-refractivity contribution in [3.63, 3.8) is 0 Å². The molecule has 4 aliphatic rings. The zero-order valence-electron chi connectivity index (χ0n) is 14.8. The fourth-order valence-electron chi connectivity index (χ4n) is 5.07. The average molecular weight is 331 g/mol. The van der Waals surface area contributed by atoms with Crippen molar-refractivity contribution in [3.05, 3.63) is 23.5 Å². The number of hydrogen-bond donors (Lipinski definition) is 0. The number of piperidine rings is 1. The summed E-state index contributed by atoms with van der Waals surface area (Å²) < 4.78 is 10.9. The second-order valence-corrected chi connectivity index (χ2v) is 8.51. The number of ether oxygens (including phenoxy) is 2. The minimum absolute atomic E-state index is 0.0617. The monoisotopic (exact) mass is 331 g/mol. The maximum atomic E-state index is 12.9. The van der Waals surface area contributed by atoms with E-state index in [9.17, 15) is 9.59 Å². The predicted molar refractivity (Wildman–Crippen MR) is 88.2 cm³/mol. The van der Waals surface area contributed by atoms with Crippen LogP contribution >= 0.6 is 0 Å². The topological polar surface area (TPSA) is 55.8 Å². The molecule has 2 saturated carbocycles. The number of rotatable bonds is 1. The number of hydrogen-bond acceptors (Lipinski definition) is 4. The zero-order valence-corrected chi connectivity index (χ0v) is 14.8. The second kappa shape index (κ2) is 4.87. The van der Waals surface area contributed by atoms with E-state index in [0.29, 0.717) is 24.8 Å². The predicted octanol–water partition coefficient (Wildman–Crippen LogP) is 3.06. The van der Waals surface area contributed by atoms with Crippen molar-refractivity contribution in [1.82, 2.24) is 4.90 Å². The van der Waals surface area contributed by atoms with Gasteiger partial charge in [0.2, 0.25) is 0 Å². The first-order valence-electron chi connectivity index (χ1n) is 8.73. The van der Waals surface area contributed by atoms with E-state index < -0.39 is 5.60 Å². The van der Waals surface area contributed by atoms with Gasteiger partial charge in [-0.1, -0.05) is 5.57 Å². The van der Waals surface area contributed by atoms with Crippen molar-refractivity contribution in [3.8, 4) is 0 Å². The Hall–Kier alpha value is -1.78. The molecule has 130 valence electrons. The minimum Gasteiger partial charge on any atom is -0.497 e. The van der Waals surface area contributed by atoms with Crippen LogP contribution in [0.2, 0.25) is 0 Å². The lowest BCUT2D eigenvalue weighted by Gasteiger charge is -2.42. The minimum atomic E-state index is -0.541. The van der Waals surface area contributed by atoms with Crippen LogP contribution in [-0.4, -0.2) is 42.1 Å². The molecule has 4 unspecified atom stereocenters.